The average molecular weight is 188 g/mol. The molecule has 0 aliphatic rings. The third-order valence-corrected chi connectivity index (χ3v) is 2.07. The lowest BCUT2D eigenvalue weighted by Crippen LogP contribution is -1.86. The Bertz CT molecular complexity index is 348. The van der Waals surface area contributed by atoms with Crippen molar-refractivity contribution < 1.29 is 18.3 Å². The highest BCUT2D eigenvalue weighted by atomic mass is 32.2. The molecule has 5 heteroatoms. The SMILES string of the molecule is COc1cc([SH](=O)=O)ccc1O. The maximum Gasteiger partial charge on any atom is 0.168 e. The fourth-order valence-electron chi connectivity index (χ4n) is 0.780. The molecule has 0 unspecified atom stereocenters. The molecule has 1 aromatic carbocycles. The highest BCUT2D eigenvalue weighted by Gasteiger charge is 2.02. The van der Waals surface area contributed by atoms with E-state index in [4.69, 9.17) is 9.84 Å². The van der Waals surface area contributed by atoms with Crippen molar-refractivity contribution in [2.24, 2.45) is 0 Å². The highest BCUT2D eigenvalue weighted by molar-refractivity contribution is 7.72. The molecular formula is C7H8O4S. The molecule has 0 fully saturated rings. The molecule has 4 nitrogen and oxygen atoms in total. The zero-order valence-corrected chi connectivity index (χ0v) is 7.25. The van der Waals surface area contributed by atoms with Gasteiger partial charge in [-0.25, -0.2) is 8.42 Å². The molecule has 0 atom stereocenters. The van der Waals surface area contributed by atoms with Gasteiger partial charge in [0.15, 0.2) is 22.2 Å². The zero-order valence-electron chi connectivity index (χ0n) is 6.35. The fourth-order valence-corrected chi connectivity index (χ4v) is 1.20. The second-order valence-electron chi connectivity index (χ2n) is 2.11. The summed E-state index contributed by atoms with van der Waals surface area (Å²) < 4.78 is 25.7. The molecule has 0 radical (unpaired) electrons. The van der Waals surface area contributed by atoms with E-state index in [2.05, 4.69) is 0 Å². The number of aromatic hydroxyl groups is 1. The highest BCUT2D eigenvalue weighted by Crippen LogP contribution is 2.26. The zero-order chi connectivity index (χ0) is 9.14. The third kappa shape index (κ3) is 1.68. The summed E-state index contributed by atoms with van der Waals surface area (Å²) in [6.07, 6.45) is 0. The lowest BCUT2D eigenvalue weighted by molar-refractivity contribution is 0.372. The Balaban J connectivity index is 3.22. The normalized spacial score (nSPS) is 10.2. The van der Waals surface area contributed by atoms with E-state index in [-0.39, 0.29) is 16.4 Å². The number of phenols is 1. The van der Waals surface area contributed by atoms with Crippen LogP contribution in [0.25, 0.3) is 0 Å². The summed E-state index contributed by atoms with van der Waals surface area (Å²) in [7, 11) is -1.26. The minimum Gasteiger partial charge on any atom is -0.504 e. The number of thiol groups is 1. The number of methoxy groups -OCH3 is 1. The third-order valence-electron chi connectivity index (χ3n) is 1.37. The molecule has 0 spiro atoms. The molecule has 0 heterocycles. The van der Waals surface area contributed by atoms with E-state index < -0.39 is 10.7 Å². The predicted octanol–water partition coefficient (Wildman–Crippen LogP) is 0.371. The summed E-state index contributed by atoms with van der Waals surface area (Å²) >= 11 is 0. The predicted molar refractivity (Wildman–Crippen MR) is 43.2 cm³/mol. The Hall–Kier alpha value is -1.23. The topological polar surface area (TPSA) is 63.6 Å². The van der Waals surface area contributed by atoms with Crippen LogP contribution in [0.5, 0.6) is 11.5 Å². The van der Waals surface area contributed by atoms with Gasteiger partial charge in [0.25, 0.3) is 0 Å². The van der Waals surface area contributed by atoms with Gasteiger partial charge < -0.3 is 9.84 Å². The van der Waals surface area contributed by atoms with Gasteiger partial charge in [-0.05, 0) is 12.1 Å². The Morgan fingerprint density at radius 2 is 2.08 bits per heavy atom. The van der Waals surface area contributed by atoms with Crippen molar-refractivity contribution in [2.75, 3.05) is 7.11 Å². The van der Waals surface area contributed by atoms with Crippen molar-refractivity contribution in [3.05, 3.63) is 18.2 Å². The van der Waals surface area contributed by atoms with Gasteiger partial charge in [-0.3, -0.25) is 0 Å². The number of rotatable bonds is 2. The van der Waals surface area contributed by atoms with Crippen molar-refractivity contribution in [1.82, 2.24) is 0 Å². The summed E-state index contributed by atoms with van der Waals surface area (Å²) in [4.78, 5) is 0.125. The Labute approximate surface area is 71.4 Å². The smallest absolute Gasteiger partial charge is 0.168 e. The van der Waals surface area contributed by atoms with E-state index >= 15 is 0 Å². The van der Waals surface area contributed by atoms with Crippen LogP contribution in [0.4, 0.5) is 0 Å². The summed E-state index contributed by atoms with van der Waals surface area (Å²) in [6.45, 7) is 0. The molecule has 0 aromatic heterocycles. The molecule has 0 saturated heterocycles. The van der Waals surface area contributed by atoms with Crippen molar-refractivity contribution in [2.45, 2.75) is 4.90 Å². The molecule has 0 saturated carbocycles. The van der Waals surface area contributed by atoms with Crippen LogP contribution in [0.15, 0.2) is 23.1 Å². The first kappa shape index (κ1) is 8.86. The number of hydrogen-bond acceptors (Lipinski definition) is 4. The van der Waals surface area contributed by atoms with E-state index in [1.807, 2.05) is 0 Å². The van der Waals surface area contributed by atoms with E-state index in [9.17, 15) is 8.42 Å². The second kappa shape index (κ2) is 3.44. The Kier molecular flexibility index (Phi) is 2.54. The molecule has 1 N–H and O–H groups in total. The van der Waals surface area contributed by atoms with Crippen molar-refractivity contribution in [3.63, 3.8) is 0 Å². The van der Waals surface area contributed by atoms with Crippen LogP contribution in [-0.4, -0.2) is 20.6 Å². The summed E-state index contributed by atoms with van der Waals surface area (Å²) in [6, 6.07) is 3.85. The van der Waals surface area contributed by atoms with Gasteiger partial charge in [0.1, 0.15) is 0 Å². The fraction of sp³-hybridized carbons (Fsp3) is 0.143. The van der Waals surface area contributed by atoms with Crippen molar-refractivity contribution in [3.8, 4) is 11.5 Å². The number of hydrogen-bond donors (Lipinski definition) is 2. The molecule has 0 amide bonds. The standard InChI is InChI=1S/C7H8O4S/c1-11-7-4-5(12(9)10)2-3-6(7)8/h2-4,8,12H,1H3. The minimum atomic E-state index is -2.62. The van der Waals surface area contributed by atoms with Crippen LogP contribution in [0.1, 0.15) is 0 Å². The van der Waals surface area contributed by atoms with Gasteiger partial charge in [-0.15, -0.1) is 0 Å². The monoisotopic (exact) mass is 188 g/mol. The number of phenolic OH excluding ortho intramolecular Hbond substituents is 1. The number of ether oxygens (including phenoxy) is 1. The van der Waals surface area contributed by atoms with Gasteiger partial charge in [0.2, 0.25) is 0 Å². The van der Waals surface area contributed by atoms with Crippen LogP contribution in [-0.2, 0) is 10.7 Å². The lowest BCUT2D eigenvalue weighted by atomic mass is 10.3. The maximum atomic E-state index is 10.5. The lowest BCUT2D eigenvalue weighted by Gasteiger charge is -2.01. The summed E-state index contributed by atoms with van der Waals surface area (Å²) in [5.41, 5.74) is 0. The molecular weight excluding hydrogens is 180 g/mol. The van der Waals surface area contributed by atoms with Gasteiger partial charge in [0, 0.05) is 6.07 Å². The van der Waals surface area contributed by atoms with Crippen LogP contribution in [0, 0.1) is 0 Å². The number of benzene rings is 1. The molecule has 0 aliphatic carbocycles. The van der Waals surface area contributed by atoms with Gasteiger partial charge in [0.05, 0.1) is 12.0 Å². The van der Waals surface area contributed by atoms with Crippen molar-refractivity contribution >= 4 is 10.7 Å². The van der Waals surface area contributed by atoms with Crippen LogP contribution >= 0.6 is 0 Å². The van der Waals surface area contributed by atoms with Gasteiger partial charge >= 0.3 is 0 Å². The van der Waals surface area contributed by atoms with E-state index in [0.717, 1.165) is 0 Å². The first-order valence-corrected chi connectivity index (χ1v) is 4.34. The molecule has 0 bridgehead atoms. The molecule has 66 valence electrons. The Morgan fingerprint density at radius 1 is 1.42 bits per heavy atom. The first-order chi connectivity index (χ1) is 5.65. The maximum absolute atomic E-state index is 10.5. The largest absolute Gasteiger partial charge is 0.504 e. The molecule has 1 rings (SSSR count). The van der Waals surface area contributed by atoms with Crippen LogP contribution in [0.2, 0.25) is 0 Å². The first-order valence-electron chi connectivity index (χ1n) is 3.16. The minimum absolute atomic E-state index is 0.0712. The van der Waals surface area contributed by atoms with E-state index in [1.165, 1.54) is 25.3 Å². The summed E-state index contributed by atoms with van der Waals surface area (Å²) in [5, 5.41) is 9.09. The second-order valence-corrected chi connectivity index (χ2v) is 3.14. The van der Waals surface area contributed by atoms with Crippen molar-refractivity contribution in [1.29, 1.82) is 0 Å². The van der Waals surface area contributed by atoms with Gasteiger partial charge in [-0.1, -0.05) is 0 Å². The molecule has 1 aromatic rings. The molecule has 0 aliphatic heterocycles. The quantitative estimate of drug-likeness (QED) is 0.658. The average Bonchev–Trinajstić information content (AvgIpc) is 2.05. The van der Waals surface area contributed by atoms with E-state index in [0.29, 0.717) is 0 Å². The van der Waals surface area contributed by atoms with Gasteiger partial charge in [-0.2, -0.15) is 0 Å². The van der Waals surface area contributed by atoms with E-state index in [1.54, 1.807) is 0 Å². The Morgan fingerprint density at radius 3 is 2.58 bits per heavy atom. The van der Waals surface area contributed by atoms with Crippen LogP contribution in [0.3, 0.4) is 0 Å². The summed E-state index contributed by atoms with van der Waals surface area (Å²) in [5.74, 6) is 0.0878. The van der Waals surface area contributed by atoms with Crippen LogP contribution < -0.4 is 4.74 Å². The molecule has 12 heavy (non-hydrogen) atoms.